The van der Waals surface area contributed by atoms with E-state index in [4.69, 9.17) is 0 Å². The van der Waals surface area contributed by atoms with Gasteiger partial charge in [-0.05, 0) is 43.2 Å². The Bertz CT molecular complexity index is 1170. The minimum absolute atomic E-state index is 0.0566. The zero-order chi connectivity index (χ0) is 19.7. The first kappa shape index (κ1) is 17.6. The quantitative estimate of drug-likeness (QED) is 0.415. The lowest BCUT2D eigenvalue weighted by molar-refractivity contribution is -0.384. The molecule has 0 aliphatic rings. The van der Waals surface area contributed by atoms with Crippen LogP contribution >= 0.6 is 0 Å². The molecule has 0 fully saturated rings. The van der Waals surface area contributed by atoms with Crippen LogP contribution in [0.3, 0.4) is 0 Å². The molecular weight excluding hydrogens is 356 g/mol. The number of benzene rings is 2. The predicted molar refractivity (Wildman–Crippen MR) is 107 cm³/mol. The second-order valence-corrected chi connectivity index (χ2v) is 6.56. The molecule has 28 heavy (non-hydrogen) atoms. The number of aromatic nitrogens is 4. The molecule has 0 aliphatic heterocycles. The van der Waals surface area contributed by atoms with E-state index >= 15 is 0 Å². The summed E-state index contributed by atoms with van der Waals surface area (Å²) in [5, 5.41) is 14.2. The Morgan fingerprint density at radius 3 is 2.82 bits per heavy atom. The summed E-state index contributed by atoms with van der Waals surface area (Å²) >= 11 is 0. The van der Waals surface area contributed by atoms with Crippen molar-refractivity contribution in [2.75, 3.05) is 5.32 Å². The first-order valence-electron chi connectivity index (χ1n) is 8.79. The smallest absolute Gasteiger partial charge is 0.269 e. The van der Waals surface area contributed by atoms with E-state index in [0.717, 1.165) is 22.2 Å². The van der Waals surface area contributed by atoms with Crippen LogP contribution < -0.4 is 5.32 Å². The molecule has 0 saturated carbocycles. The molecular formula is C20H18N6O2. The zero-order valence-electron chi connectivity index (χ0n) is 15.4. The third kappa shape index (κ3) is 3.39. The lowest BCUT2D eigenvalue weighted by Crippen LogP contribution is -2.11. The molecule has 8 nitrogen and oxygen atoms in total. The molecule has 0 radical (unpaired) electrons. The maximum atomic E-state index is 11.0. The van der Waals surface area contributed by atoms with E-state index in [9.17, 15) is 10.1 Å². The molecule has 0 aliphatic carbocycles. The molecule has 0 amide bonds. The monoisotopic (exact) mass is 374 g/mol. The Kier molecular flexibility index (Phi) is 4.44. The van der Waals surface area contributed by atoms with Crippen LogP contribution in [0.2, 0.25) is 0 Å². The van der Waals surface area contributed by atoms with Gasteiger partial charge in [-0.1, -0.05) is 18.2 Å². The summed E-state index contributed by atoms with van der Waals surface area (Å²) in [7, 11) is 0. The summed E-state index contributed by atoms with van der Waals surface area (Å²) in [4.78, 5) is 23.9. The summed E-state index contributed by atoms with van der Waals surface area (Å²) in [5.74, 6) is 1.13. The van der Waals surface area contributed by atoms with E-state index < -0.39 is 4.92 Å². The Labute approximate surface area is 161 Å². The van der Waals surface area contributed by atoms with Gasteiger partial charge in [0, 0.05) is 18.3 Å². The largest absolute Gasteiger partial charge is 0.348 e. The van der Waals surface area contributed by atoms with Crippen LogP contribution in [0.25, 0.3) is 16.9 Å². The Hall–Kier alpha value is -3.81. The molecule has 0 saturated heterocycles. The fraction of sp³-hybridized carbons (Fsp3) is 0.150. The summed E-state index contributed by atoms with van der Waals surface area (Å²) in [5.41, 5.74) is 3.84. The number of aryl methyl sites for hydroxylation is 1. The summed E-state index contributed by atoms with van der Waals surface area (Å²) in [6, 6.07) is 14.2. The van der Waals surface area contributed by atoms with Gasteiger partial charge in [-0.3, -0.25) is 14.7 Å². The van der Waals surface area contributed by atoms with Crippen LogP contribution in [0.1, 0.15) is 24.1 Å². The number of nitrogens with one attached hydrogen (secondary N) is 1. The van der Waals surface area contributed by atoms with Crippen molar-refractivity contribution < 1.29 is 4.92 Å². The van der Waals surface area contributed by atoms with Crippen LogP contribution in [-0.4, -0.2) is 24.4 Å². The van der Waals surface area contributed by atoms with Crippen molar-refractivity contribution in [3.8, 4) is 5.82 Å². The maximum Gasteiger partial charge on any atom is 0.269 e. The number of hydrogen-bond acceptors (Lipinski definition) is 6. The molecule has 8 heteroatoms. The molecule has 0 unspecified atom stereocenters. The number of nitrogens with zero attached hydrogens (tertiary/aromatic N) is 5. The topological polar surface area (TPSA) is 98.8 Å². The van der Waals surface area contributed by atoms with Gasteiger partial charge >= 0.3 is 0 Å². The number of anilines is 1. The highest BCUT2D eigenvalue weighted by atomic mass is 16.6. The van der Waals surface area contributed by atoms with Gasteiger partial charge in [-0.15, -0.1) is 0 Å². The molecule has 4 aromatic rings. The minimum Gasteiger partial charge on any atom is -0.348 e. The summed E-state index contributed by atoms with van der Waals surface area (Å²) in [6.45, 7) is 3.94. The van der Waals surface area contributed by atoms with Crippen LogP contribution in [-0.2, 0) is 0 Å². The standard InChI is InChI=1S/C20H18N6O2/c1-13-6-7-17-18(10-13)25(12-22-17)19-8-9-21-20(24-19)23-14(2)15-4-3-5-16(11-15)26(27)28/h3-12,14H,1-2H3,(H,21,23,24)/t14-/m1/s1. The molecule has 1 N–H and O–H groups in total. The fourth-order valence-corrected chi connectivity index (χ4v) is 3.04. The van der Waals surface area contributed by atoms with Gasteiger partial charge in [0.15, 0.2) is 0 Å². The molecule has 140 valence electrons. The average molecular weight is 374 g/mol. The summed E-state index contributed by atoms with van der Waals surface area (Å²) < 4.78 is 1.91. The third-order valence-electron chi connectivity index (χ3n) is 4.52. The maximum absolute atomic E-state index is 11.0. The van der Waals surface area contributed by atoms with Crippen LogP contribution in [0.5, 0.6) is 0 Å². The normalized spacial score (nSPS) is 12.1. The first-order chi connectivity index (χ1) is 13.5. The minimum atomic E-state index is -0.403. The van der Waals surface area contributed by atoms with Crippen LogP contribution in [0.4, 0.5) is 11.6 Å². The molecule has 1 atom stereocenters. The predicted octanol–water partition coefficient (Wildman–Crippen LogP) is 4.21. The fourth-order valence-electron chi connectivity index (χ4n) is 3.04. The van der Waals surface area contributed by atoms with Crippen molar-refractivity contribution in [2.45, 2.75) is 19.9 Å². The van der Waals surface area contributed by atoms with Gasteiger partial charge in [0.1, 0.15) is 12.1 Å². The highest BCUT2D eigenvalue weighted by Gasteiger charge is 2.13. The van der Waals surface area contributed by atoms with Gasteiger partial charge in [0.05, 0.1) is 22.0 Å². The van der Waals surface area contributed by atoms with E-state index in [1.165, 1.54) is 6.07 Å². The van der Waals surface area contributed by atoms with Crippen molar-refractivity contribution in [3.05, 3.63) is 82.3 Å². The molecule has 2 heterocycles. The molecule has 0 bridgehead atoms. The van der Waals surface area contributed by atoms with E-state index in [1.807, 2.05) is 42.7 Å². The van der Waals surface area contributed by atoms with E-state index in [1.54, 1.807) is 24.7 Å². The van der Waals surface area contributed by atoms with E-state index in [-0.39, 0.29) is 11.7 Å². The molecule has 2 aromatic carbocycles. The van der Waals surface area contributed by atoms with Crippen molar-refractivity contribution in [3.63, 3.8) is 0 Å². The second-order valence-electron chi connectivity index (χ2n) is 6.56. The zero-order valence-corrected chi connectivity index (χ0v) is 15.4. The third-order valence-corrected chi connectivity index (χ3v) is 4.52. The Balaban J connectivity index is 1.63. The Morgan fingerprint density at radius 2 is 2.00 bits per heavy atom. The first-order valence-corrected chi connectivity index (χ1v) is 8.79. The van der Waals surface area contributed by atoms with Crippen LogP contribution in [0.15, 0.2) is 61.1 Å². The number of fused-ring (bicyclic) bond motifs is 1. The number of nitro groups is 1. The second kappa shape index (κ2) is 7.07. The molecule has 2 aromatic heterocycles. The number of rotatable bonds is 5. The van der Waals surface area contributed by atoms with E-state index in [0.29, 0.717) is 11.8 Å². The van der Waals surface area contributed by atoms with Gasteiger partial charge < -0.3 is 5.32 Å². The number of non-ortho nitro benzene ring substituents is 1. The summed E-state index contributed by atoms with van der Waals surface area (Å²) in [6.07, 6.45) is 3.41. The lowest BCUT2D eigenvalue weighted by Gasteiger charge is -2.14. The van der Waals surface area contributed by atoms with Gasteiger partial charge in [-0.2, -0.15) is 4.98 Å². The number of hydrogen-bond donors (Lipinski definition) is 1. The highest BCUT2D eigenvalue weighted by Crippen LogP contribution is 2.23. The molecule has 0 spiro atoms. The van der Waals surface area contributed by atoms with E-state index in [2.05, 4.69) is 26.3 Å². The molecule has 4 rings (SSSR count). The van der Waals surface area contributed by atoms with Crippen molar-refractivity contribution >= 4 is 22.7 Å². The SMILES string of the molecule is Cc1ccc2ncn(-c3ccnc(N[C@H](C)c4cccc([N+](=O)[O-])c4)n3)c2c1. The van der Waals surface area contributed by atoms with Crippen molar-refractivity contribution in [1.82, 2.24) is 19.5 Å². The van der Waals surface area contributed by atoms with Crippen molar-refractivity contribution in [2.24, 2.45) is 0 Å². The van der Waals surface area contributed by atoms with Gasteiger partial charge in [0.2, 0.25) is 5.95 Å². The number of imidazole rings is 1. The lowest BCUT2D eigenvalue weighted by atomic mass is 10.1. The number of nitro benzene ring substituents is 1. The Morgan fingerprint density at radius 1 is 1.14 bits per heavy atom. The van der Waals surface area contributed by atoms with Crippen molar-refractivity contribution in [1.29, 1.82) is 0 Å². The highest BCUT2D eigenvalue weighted by molar-refractivity contribution is 5.77. The van der Waals surface area contributed by atoms with Gasteiger partial charge in [-0.25, -0.2) is 9.97 Å². The van der Waals surface area contributed by atoms with Crippen LogP contribution in [0, 0.1) is 17.0 Å². The van der Waals surface area contributed by atoms with Gasteiger partial charge in [0.25, 0.3) is 5.69 Å². The average Bonchev–Trinajstić information content (AvgIpc) is 3.11.